The minimum absolute atomic E-state index is 0.0256. The Morgan fingerprint density at radius 1 is 1.45 bits per heavy atom. The number of rotatable bonds is 7. The number of benzene rings is 1. The molecule has 3 N–H and O–H groups in total. The van der Waals surface area contributed by atoms with E-state index >= 15 is 0 Å². The Labute approximate surface area is 118 Å². The zero-order valence-corrected chi connectivity index (χ0v) is 11.9. The van der Waals surface area contributed by atoms with Crippen LogP contribution in [0.5, 0.6) is 0 Å². The largest absolute Gasteiger partial charge is 0.330 e. The molecule has 20 heavy (non-hydrogen) atoms. The Bertz CT molecular complexity index is 489. The van der Waals surface area contributed by atoms with Gasteiger partial charge >= 0.3 is 0 Å². The van der Waals surface area contributed by atoms with Gasteiger partial charge in [-0.15, -0.1) is 0 Å². The zero-order valence-electron chi connectivity index (χ0n) is 11.9. The van der Waals surface area contributed by atoms with E-state index in [-0.39, 0.29) is 11.6 Å². The molecule has 1 unspecified atom stereocenters. The van der Waals surface area contributed by atoms with Gasteiger partial charge in [0.05, 0.1) is 10.6 Å². The Morgan fingerprint density at radius 3 is 2.75 bits per heavy atom. The molecule has 1 aromatic rings. The molecule has 0 aliphatic carbocycles. The van der Waals surface area contributed by atoms with Gasteiger partial charge < -0.3 is 11.1 Å². The van der Waals surface area contributed by atoms with Crippen molar-refractivity contribution in [2.24, 2.45) is 11.7 Å². The first-order chi connectivity index (χ1) is 9.43. The third-order valence-electron chi connectivity index (χ3n) is 3.23. The van der Waals surface area contributed by atoms with Gasteiger partial charge in [-0.05, 0) is 37.8 Å². The maximum atomic E-state index is 11.8. The highest BCUT2D eigenvalue weighted by atomic mass is 16.6. The number of anilines is 1. The monoisotopic (exact) mass is 279 g/mol. The van der Waals surface area contributed by atoms with Crippen molar-refractivity contribution in [3.05, 3.63) is 33.9 Å². The van der Waals surface area contributed by atoms with E-state index in [1.807, 2.05) is 0 Å². The lowest BCUT2D eigenvalue weighted by Gasteiger charge is -2.11. The highest BCUT2D eigenvalue weighted by Gasteiger charge is 2.12. The van der Waals surface area contributed by atoms with E-state index in [4.69, 9.17) is 5.73 Å². The Kier molecular flexibility index (Phi) is 6.11. The maximum Gasteiger partial charge on any atom is 0.271 e. The molecule has 1 amide bonds. The average Bonchev–Trinajstić information content (AvgIpc) is 2.39. The van der Waals surface area contributed by atoms with Crippen molar-refractivity contribution in [3.8, 4) is 0 Å². The summed E-state index contributed by atoms with van der Waals surface area (Å²) in [7, 11) is 0. The first-order valence-corrected chi connectivity index (χ1v) is 6.69. The van der Waals surface area contributed by atoms with E-state index in [1.54, 1.807) is 13.0 Å². The SMILES string of the molecule is Cc1ccc([N+](=O)[O-])cc1NC(=O)CCC(C)CCN. The standard InChI is InChI=1S/C14H21N3O3/c1-10(7-8-15)3-6-14(18)16-13-9-12(17(19)20)5-4-11(13)2/h4-5,9-10H,3,6-8,15H2,1-2H3,(H,16,18). The van der Waals surface area contributed by atoms with Gasteiger partial charge in [0, 0.05) is 18.6 Å². The molecule has 1 rings (SSSR count). The number of carbonyl (C=O) groups is 1. The van der Waals surface area contributed by atoms with Crippen LogP contribution in [-0.2, 0) is 4.79 Å². The fourth-order valence-corrected chi connectivity index (χ4v) is 1.88. The molecule has 0 aliphatic heterocycles. The summed E-state index contributed by atoms with van der Waals surface area (Å²) in [6, 6.07) is 4.44. The second-order valence-electron chi connectivity index (χ2n) is 5.03. The summed E-state index contributed by atoms with van der Waals surface area (Å²) in [6.07, 6.45) is 2.05. The van der Waals surface area contributed by atoms with Crippen LogP contribution in [0.2, 0.25) is 0 Å². The van der Waals surface area contributed by atoms with E-state index in [9.17, 15) is 14.9 Å². The smallest absolute Gasteiger partial charge is 0.271 e. The zero-order chi connectivity index (χ0) is 15.1. The van der Waals surface area contributed by atoms with Crippen LogP contribution in [0.25, 0.3) is 0 Å². The predicted octanol–water partition coefficient (Wildman–Crippen LogP) is 2.61. The first kappa shape index (κ1) is 16.1. The van der Waals surface area contributed by atoms with Crippen molar-refractivity contribution in [1.82, 2.24) is 0 Å². The molecule has 0 heterocycles. The molecule has 0 radical (unpaired) electrons. The summed E-state index contributed by atoms with van der Waals surface area (Å²) < 4.78 is 0. The van der Waals surface area contributed by atoms with Gasteiger partial charge in [-0.3, -0.25) is 14.9 Å². The quantitative estimate of drug-likeness (QED) is 0.592. The number of nitrogens with zero attached hydrogens (tertiary/aromatic N) is 1. The summed E-state index contributed by atoms with van der Waals surface area (Å²) in [5.74, 6) is 0.273. The van der Waals surface area contributed by atoms with Gasteiger partial charge in [0.25, 0.3) is 5.69 Å². The van der Waals surface area contributed by atoms with Gasteiger partial charge in [-0.1, -0.05) is 13.0 Å². The number of aryl methyl sites for hydroxylation is 1. The van der Waals surface area contributed by atoms with E-state index in [0.29, 0.717) is 24.6 Å². The molecule has 1 atom stereocenters. The van der Waals surface area contributed by atoms with E-state index in [2.05, 4.69) is 12.2 Å². The molecule has 0 aromatic heterocycles. The van der Waals surface area contributed by atoms with Crippen LogP contribution in [0.3, 0.4) is 0 Å². The number of nitro benzene ring substituents is 1. The molecule has 6 heteroatoms. The molecule has 0 spiro atoms. The van der Waals surface area contributed by atoms with Crippen molar-refractivity contribution in [2.45, 2.75) is 33.1 Å². The maximum absolute atomic E-state index is 11.8. The first-order valence-electron chi connectivity index (χ1n) is 6.69. The van der Waals surface area contributed by atoms with E-state index in [1.165, 1.54) is 12.1 Å². The minimum Gasteiger partial charge on any atom is -0.330 e. The van der Waals surface area contributed by atoms with Gasteiger partial charge in [0.1, 0.15) is 0 Å². The highest BCUT2D eigenvalue weighted by molar-refractivity contribution is 5.91. The van der Waals surface area contributed by atoms with Gasteiger partial charge in [-0.2, -0.15) is 0 Å². The van der Waals surface area contributed by atoms with Crippen molar-refractivity contribution in [1.29, 1.82) is 0 Å². The summed E-state index contributed by atoms with van der Waals surface area (Å²) in [5.41, 5.74) is 6.73. The molecule has 0 bridgehead atoms. The second kappa shape index (κ2) is 7.59. The number of nitrogens with one attached hydrogen (secondary N) is 1. The lowest BCUT2D eigenvalue weighted by molar-refractivity contribution is -0.384. The molecule has 0 saturated carbocycles. The lowest BCUT2D eigenvalue weighted by atomic mass is 10.0. The fourth-order valence-electron chi connectivity index (χ4n) is 1.88. The lowest BCUT2D eigenvalue weighted by Crippen LogP contribution is -2.14. The Hall–Kier alpha value is -1.95. The van der Waals surface area contributed by atoms with Crippen LogP contribution in [0.1, 0.15) is 31.7 Å². The Morgan fingerprint density at radius 2 is 2.15 bits per heavy atom. The van der Waals surface area contributed by atoms with Crippen LogP contribution >= 0.6 is 0 Å². The number of nitro groups is 1. The number of non-ortho nitro benzene ring substituents is 1. The topological polar surface area (TPSA) is 98.3 Å². The molecule has 0 fully saturated rings. The fraction of sp³-hybridized carbons (Fsp3) is 0.500. The summed E-state index contributed by atoms with van der Waals surface area (Å²) >= 11 is 0. The molecular formula is C14H21N3O3. The predicted molar refractivity (Wildman–Crippen MR) is 78.5 cm³/mol. The van der Waals surface area contributed by atoms with Crippen LogP contribution in [0.4, 0.5) is 11.4 Å². The average molecular weight is 279 g/mol. The number of carbonyl (C=O) groups excluding carboxylic acids is 1. The van der Waals surface area contributed by atoms with Crippen molar-refractivity contribution in [3.63, 3.8) is 0 Å². The van der Waals surface area contributed by atoms with E-state index in [0.717, 1.165) is 18.4 Å². The molecule has 6 nitrogen and oxygen atoms in total. The summed E-state index contributed by atoms with van der Waals surface area (Å²) in [5, 5.41) is 13.4. The number of amides is 1. The summed E-state index contributed by atoms with van der Waals surface area (Å²) in [6.45, 7) is 4.47. The van der Waals surface area contributed by atoms with E-state index < -0.39 is 4.92 Å². The second-order valence-corrected chi connectivity index (χ2v) is 5.03. The molecular weight excluding hydrogens is 258 g/mol. The highest BCUT2D eigenvalue weighted by Crippen LogP contribution is 2.22. The van der Waals surface area contributed by atoms with Crippen molar-refractivity contribution >= 4 is 17.3 Å². The third kappa shape index (κ3) is 4.97. The molecule has 110 valence electrons. The Balaban J connectivity index is 2.61. The normalized spacial score (nSPS) is 11.9. The summed E-state index contributed by atoms with van der Waals surface area (Å²) in [4.78, 5) is 22.1. The van der Waals surface area contributed by atoms with Gasteiger partial charge in [0.15, 0.2) is 0 Å². The molecule has 1 aromatic carbocycles. The number of hydrogen-bond acceptors (Lipinski definition) is 4. The number of hydrogen-bond donors (Lipinski definition) is 2. The van der Waals surface area contributed by atoms with Crippen LogP contribution in [0, 0.1) is 23.0 Å². The van der Waals surface area contributed by atoms with Crippen LogP contribution in [-0.4, -0.2) is 17.4 Å². The van der Waals surface area contributed by atoms with Gasteiger partial charge in [0.2, 0.25) is 5.91 Å². The third-order valence-corrected chi connectivity index (χ3v) is 3.23. The molecule has 0 saturated heterocycles. The van der Waals surface area contributed by atoms with Gasteiger partial charge in [-0.25, -0.2) is 0 Å². The van der Waals surface area contributed by atoms with Crippen LogP contribution < -0.4 is 11.1 Å². The minimum atomic E-state index is -0.474. The molecule has 0 aliphatic rings. The van der Waals surface area contributed by atoms with Crippen molar-refractivity contribution in [2.75, 3.05) is 11.9 Å². The number of nitrogens with two attached hydrogens (primary N) is 1. The van der Waals surface area contributed by atoms with Crippen LogP contribution in [0.15, 0.2) is 18.2 Å². The van der Waals surface area contributed by atoms with Crippen molar-refractivity contribution < 1.29 is 9.72 Å².